The molecule has 4 N–H and O–H groups in total. The molecule has 1 atom stereocenters. The highest BCUT2D eigenvalue weighted by molar-refractivity contribution is 7.83. The molecule has 4 rings (SSSR count). The third kappa shape index (κ3) is 3.85. The summed E-state index contributed by atoms with van der Waals surface area (Å²) in [5.74, 6) is 0.802. The fourth-order valence-electron chi connectivity index (χ4n) is 2.60. The molecule has 0 amide bonds. The zero-order valence-electron chi connectivity index (χ0n) is 13.7. The fraction of sp³-hybridized carbons (Fsp3) is 0.467. The summed E-state index contributed by atoms with van der Waals surface area (Å²) >= 11 is 0. The highest BCUT2D eigenvalue weighted by Gasteiger charge is 2.23. The number of aromatic amines is 1. The molecule has 2 aromatic heterocycles. The average Bonchev–Trinajstić information content (AvgIpc) is 3.01. The van der Waals surface area contributed by atoms with Crippen LogP contribution in [-0.2, 0) is 11.0 Å². The Balaban J connectivity index is 0.000000150. The molecule has 1 unspecified atom stereocenters. The Morgan fingerprint density at radius 3 is 3.04 bits per heavy atom. The molecule has 2 aromatic rings. The molecule has 2 aliphatic rings. The van der Waals surface area contributed by atoms with E-state index in [4.69, 9.17) is 0 Å². The summed E-state index contributed by atoms with van der Waals surface area (Å²) in [5.41, 5.74) is 2.49. The van der Waals surface area contributed by atoms with Crippen molar-refractivity contribution in [1.29, 1.82) is 0 Å². The monoisotopic (exact) mass is 347 g/mol. The third-order valence-corrected chi connectivity index (χ3v) is 5.51. The number of nitrogens with one attached hydrogen (secondary N) is 3. The van der Waals surface area contributed by atoms with Crippen LogP contribution in [-0.4, -0.2) is 44.3 Å². The molecule has 0 bridgehead atoms. The van der Waals surface area contributed by atoms with Crippen molar-refractivity contribution in [3.05, 3.63) is 24.0 Å². The van der Waals surface area contributed by atoms with Crippen molar-refractivity contribution in [1.82, 2.24) is 20.0 Å². The maximum absolute atomic E-state index is 11.0. The molecule has 24 heavy (non-hydrogen) atoms. The Hall–Kier alpha value is -1.71. The minimum absolute atomic E-state index is 0.562. The van der Waals surface area contributed by atoms with Gasteiger partial charge in [-0.05, 0) is 25.3 Å². The van der Waals surface area contributed by atoms with Crippen LogP contribution in [0.3, 0.4) is 0 Å². The van der Waals surface area contributed by atoms with Gasteiger partial charge in [-0.3, -0.25) is 0 Å². The quantitative estimate of drug-likeness (QED) is 0.601. The highest BCUT2D eigenvalue weighted by Crippen LogP contribution is 2.18. The van der Waals surface area contributed by atoms with Gasteiger partial charge in [0.2, 0.25) is 0 Å². The minimum atomic E-state index is -0.762. The molecule has 9 heteroatoms. The normalized spacial score (nSPS) is 17.5. The van der Waals surface area contributed by atoms with Crippen LogP contribution >= 0.6 is 0 Å². The van der Waals surface area contributed by atoms with Gasteiger partial charge in [0.05, 0.1) is 17.2 Å². The van der Waals surface area contributed by atoms with Gasteiger partial charge in [0.25, 0.3) is 0 Å². The van der Waals surface area contributed by atoms with Gasteiger partial charge < -0.3 is 15.3 Å². The first-order valence-electron chi connectivity index (χ1n) is 8.26. The van der Waals surface area contributed by atoms with Crippen molar-refractivity contribution in [2.75, 3.05) is 5.75 Å². The van der Waals surface area contributed by atoms with Gasteiger partial charge in [-0.1, -0.05) is 13.3 Å². The Morgan fingerprint density at radius 1 is 1.50 bits per heavy atom. The largest absolute Gasteiger partial charge is 0.465 e. The standard InChI is InChI=1S/C8H7BN4O.C7H15NOS/c14-9-7-4-11-8-5(1-2-10-8)6(7)3-12-13-9;1-2-6-10(9)8-7-4-3-5-7/h1-4,13-14H,(H,10,11);7-8H,2-6H2,1H3. The van der Waals surface area contributed by atoms with Gasteiger partial charge in [0, 0.05) is 40.6 Å². The molecule has 0 radical (unpaired) electrons. The number of rotatable bonds is 4. The number of hydrazone groups is 1. The van der Waals surface area contributed by atoms with E-state index in [0.717, 1.165) is 34.2 Å². The van der Waals surface area contributed by atoms with E-state index in [0.29, 0.717) is 6.04 Å². The number of hydrogen-bond acceptors (Lipinski definition) is 5. The van der Waals surface area contributed by atoms with Gasteiger partial charge in [-0.15, -0.1) is 0 Å². The predicted molar refractivity (Wildman–Crippen MR) is 98.5 cm³/mol. The number of pyridine rings is 1. The number of aromatic nitrogens is 2. The summed E-state index contributed by atoms with van der Waals surface area (Å²) in [7, 11) is -1.51. The van der Waals surface area contributed by atoms with Crippen molar-refractivity contribution in [2.24, 2.45) is 5.10 Å². The van der Waals surface area contributed by atoms with Gasteiger partial charge in [-0.25, -0.2) is 13.9 Å². The van der Waals surface area contributed by atoms with Crippen molar-refractivity contribution in [3.8, 4) is 0 Å². The first-order valence-corrected chi connectivity index (χ1v) is 9.58. The van der Waals surface area contributed by atoms with Gasteiger partial charge in [0.15, 0.2) is 0 Å². The van der Waals surface area contributed by atoms with E-state index < -0.39 is 18.0 Å². The van der Waals surface area contributed by atoms with Crippen molar-refractivity contribution >= 4 is 40.7 Å². The highest BCUT2D eigenvalue weighted by atomic mass is 32.2. The number of H-pyrrole nitrogens is 1. The molecule has 1 aliphatic heterocycles. The minimum Gasteiger partial charge on any atom is -0.428 e. The van der Waals surface area contributed by atoms with Gasteiger partial charge in [-0.2, -0.15) is 5.10 Å². The van der Waals surface area contributed by atoms with Crippen LogP contribution in [0.4, 0.5) is 0 Å². The molecule has 1 aliphatic carbocycles. The van der Waals surface area contributed by atoms with Crippen LogP contribution in [0.25, 0.3) is 11.0 Å². The van der Waals surface area contributed by atoms with E-state index in [2.05, 4.69) is 32.1 Å². The van der Waals surface area contributed by atoms with Gasteiger partial charge >= 0.3 is 7.05 Å². The molecular weight excluding hydrogens is 325 g/mol. The van der Waals surface area contributed by atoms with Crippen LogP contribution in [0.2, 0.25) is 0 Å². The number of hydrogen-bond donors (Lipinski definition) is 4. The summed E-state index contributed by atoms with van der Waals surface area (Å²) < 4.78 is 14.1. The lowest BCUT2D eigenvalue weighted by Crippen LogP contribution is -2.47. The summed E-state index contributed by atoms with van der Waals surface area (Å²) in [5, 5.41) is 17.0. The van der Waals surface area contributed by atoms with E-state index in [1.54, 1.807) is 12.4 Å². The maximum atomic E-state index is 11.0. The van der Waals surface area contributed by atoms with E-state index in [1.165, 1.54) is 19.3 Å². The SMILES string of the molecule is CCCS(=O)NC1CCC1.OB1NN=Cc2c1cnc1[nH]ccc21. The molecule has 0 aromatic carbocycles. The van der Waals surface area contributed by atoms with Crippen molar-refractivity contribution in [2.45, 2.75) is 38.6 Å². The van der Waals surface area contributed by atoms with E-state index in [-0.39, 0.29) is 0 Å². The first kappa shape index (κ1) is 17.1. The second-order valence-electron chi connectivity index (χ2n) is 5.95. The van der Waals surface area contributed by atoms with Crippen LogP contribution < -0.4 is 15.5 Å². The predicted octanol–water partition coefficient (Wildman–Crippen LogP) is 0.390. The lowest BCUT2D eigenvalue weighted by Gasteiger charge is -2.25. The Morgan fingerprint density at radius 2 is 2.33 bits per heavy atom. The van der Waals surface area contributed by atoms with Gasteiger partial charge in [0.1, 0.15) is 5.65 Å². The zero-order valence-corrected chi connectivity index (χ0v) is 14.5. The second kappa shape index (κ2) is 7.91. The maximum Gasteiger partial charge on any atom is 0.465 e. The van der Waals surface area contributed by atoms with E-state index in [1.807, 2.05) is 12.3 Å². The topological polar surface area (TPSA) is 102 Å². The molecule has 3 heterocycles. The number of fused-ring (bicyclic) bond motifs is 3. The number of nitrogens with zero attached hydrogens (tertiary/aromatic N) is 2. The Labute approximate surface area is 144 Å². The fourth-order valence-corrected chi connectivity index (χ4v) is 3.70. The van der Waals surface area contributed by atoms with Crippen LogP contribution in [0.1, 0.15) is 38.2 Å². The van der Waals surface area contributed by atoms with Crippen molar-refractivity contribution in [3.63, 3.8) is 0 Å². The molecule has 1 saturated carbocycles. The molecule has 0 spiro atoms. The molecule has 128 valence electrons. The average molecular weight is 347 g/mol. The van der Waals surface area contributed by atoms with E-state index in [9.17, 15) is 9.23 Å². The molecular formula is C15H22BN5O2S. The second-order valence-corrected chi connectivity index (χ2v) is 7.29. The molecule has 0 saturated heterocycles. The Bertz CT molecular complexity index is 747. The zero-order chi connectivity index (χ0) is 16.9. The Kier molecular flexibility index (Phi) is 5.65. The van der Waals surface area contributed by atoms with Crippen LogP contribution in [0.5, 0.6) is 0 Å². The van der Waals surface area contributed by atoms with E-state index >= 15 is 0 Å². The molecule has 7 nitrogen and oxygen atoms in total. The lowest BCUT2D eigenvalue weighted by atomic mass is 9.72. The van der Waals surface area contributed by atoms with Crippen LogP contribution in [0, 0.1) is 0 Å². The lowest BCUT2D eigenvalue weighted by molar-refractivity contribution is 0.390. The summed E-state index contributed by atoms with van der Waals surface area (Å²) in [6.07, 6.45) is 9.91. The van der Waals surface area contributed by atoms with Crippen LogP contribution in [0.15, 0.2) is 23.6 Å². The smallest absolute Gasteiger partial charge is 0.428 e. The summed E-state index contributed by atoms with van der Waals surface area (Å²) in [4.78, 5) is 7.20. The summed E-state index contributed by atoms with van der Waals surface area (Å²) in [6, 6.07) is 2.48. The molecule has 1 fully saturated rings. The van der Waals surface area contributed by atoms with Crippen molar-refractivity contribution < 1.29 is 9.23 Å². The third-order valence-electron chi connectivity index (χ3n) is 4.14. The first-order chi connectivity index (χ1) is 11.7. The summed E-state index contributed by atoms with van der Waals surface area (Å²) in [6.45, 7) is 2.06.